The summed E-state index contributed by atoms with van der Waals surface area (Å²) in [7, 11) is 0. The van der Waals surface area contributed by atoms with Crippen LogP contribution in [-0.4, -0.2) is 15.0 Å². The van der Waals surface area contributed by atoms with Crippen LogP contribution in [0.25, 0.3) is 67.0 Å². The molecule has 0 N–H and O–H groups in total. The van der Waals surface area contributed by atoms with Crippen LogP contribution in [-0.2, 0) is 20.1 Å². The quantitative estimate of drug-likeness (QED) is 0.168. The summed E-state index contributed by atoms with van der Waals surface area (Å²) in [4.78, 5) is 13.6. The number of oxazole rings is 1. The fraction of sp³-hybridized carbons (Fsp3) is 0.0789. The van der Waals surface area contributed by atoms with Crippen molar-refractivity contribution in [2.45, 2.75) is 19.8 Å². The van der Waals surface area contributed by atoms with Gasteiger partial charge in [0.05, 0.1) is 5.58 Å². The molecule has 0 aliphatic rings. The molecule has 0 amide bonds. The van der Waals surface area contributed by atoms with Gasteiger partial charge in [-0.2, -0.15) is 0 Å². The van der Waals surface area contributed by atoms with Crippen molar-refractivity contribution in [2.75, 3.05) is 0 Å². The molecule has 4 aromatic carbocycles. The standard InChI is InChI=1S/C27H19N2O2.C11H8N.Ir/c1-16(2)18-13-14-28-22(15-18)21-10-6-9-19-20-11-12-23-24(26(20)31-25(19)21)29-27(30-23)17-7-4-3-5-8-17;1-2-6-10(7-3-1)11-8-4-5-9-12-11;/h3-9,11-16H,1-2H3;1-6,8-9H;/q2*-1;. The summed E-state index contributed by atoms with van der Waals surface area (Å²) < 4.78 is 12.4. The van der Waals surface area contributed by atoms with Crippen molar-refractivity contribution in [1.82, 2.24) is 15.0 Å². The average molecular weight is 750 g/mol. The molecule has 0 spiro atoms. The van der Waals surface area contributed by atoms with E-state index in [0.29, 0.717) is 17.4 Å². The van der Waals surface area contributed by atoms with E-state index in [9.17, 15) is 0 Å². The maximum absolute atomic E-state index is 6.41. The van der Waals surface area contributed by atoms with E-state index in [1.807, 2.05) is 103 Å². The predicted octanol–water partition coefficient (Wildman–Crippen LogP) is 9.93. The minimum atomic E-state index is 0. The van der Waals surface area contributed by atoms with Crippen molar-refractivity contribution < 1.29 is 28.9 Å². The molecule has 44 heavy (non-hydrogen) atoms. The zero-order chi connectivity index (χ0) is 29.2. The first-order chi connectivity index (χ1) is 21.2. The number of rotatable bonds is 4. The molecule has 1 radical (unpaired) electrons. The van der Waals surface area contributed by atoms with Crippen LogP contribution >= 0.6 is 0 Å². The number of hydrogen-bond acceptors (Lipinski definition) is 5. The van der Waals surface area contributed by atoms with Crippen molar-refractivity contribution in [1.29, 1.82) is 0 Å². The molecule has 0 aliphatic heterocycles. The minimum absolute atomic E-state index is 0. The smallest absolute Gasteiger partial charge is 0.227 e. The van der Waals surface area contributed by atoms with E-state index in [2.05, 4.69) is 48.1 Å². The molecule has 0 saturated heterocycles. The average Bonchev–Trinajstić information content (AvgIpc) is 3.68. The van der Waals surface area contributed by atoms with E-state index in [4.69, 9.17) is 13.8 Å². The van der Waals surface area contributed by atoms with Crippen molar-refractivity contribution in [3.63, 3.8) is 0 Å². The van der Waals surface area contributed by atoms with Gasteiger partial charge in [0.1, 0.15) is 0 Å². The molecule has 4 aromatic heterocycles. The van der Waals surface area contributed by atoms with Gasteiger partial charge in [0, 0.05) is 43.4 Å². The normalized spacial score (nSPS) is 11.0. The molecular weight excluding hydrogens is 723 g/mol. The van der Waals surface area contributed by atoms with Gasteiger partial charge in [-0.1, -0.05) is 66.8 Å². The molecule has 0 bridgehead atoms. The minimum Gasteiger partial charge on any atom is -0.498 e. The summed E-state index contributed by atoms with van der Waals surface area (Å²) in [6.45, 7) is 4.35. The van der Waals surface area contributed by atoms with Crippen molar-refractivity contribution in [3.05, 3.63) is 139 Å². The largest absolute Gasteiger partial charge is 0.498 e. The number of nitrogens with zero attached hydrogens (tertiary/aromatic N) is 3. The Morgan fingerprint density at radius 2 is 1.45 bits per heavy atom. The van der Waals surface area contributed by atoms with Crippen molar-refractivity contribution in [2.24, 2.45) is 0 Å². The molecule has 0 fully saturated rings. The van der Waals surface area contributed by atoms with Crippen LogP contribution in [0.5, 0.6) is 0 Å². The van der Waals surface area contributed by atoms with E-state index in [0.717, 1.165) is 55.5 Å². The Morgan fingerprint density at radius 3 is 2.23 bits per heavy atom. The summed E-state index contributed by atoms with van der Waals surface area (Å²) in [5.41, 5.74) is 8.81. The predicted molar refractivity (Wildman–Crippen MR) is 171 cm³/mol. The van der Waals surface area contributed by atoms with Gasteiger partial charge in [0.15, 0.2) is 16.7 Å². The number of pyridine rings is 2. The first-order valence-corrected chi connectivity index (χ1v) is 14.2. The van der Waals surface area contributed by atoms with E-state index >= 15 is 0 Å². The number of fused-ring (bicyclic) bond motifs is 5. The van der Waals surface area contributed by atoms with Crippen LogP contribution in [0.4, 0.5) is 0 Å². The van der Waals surface area contributed by atoms with E-state index in [1.165, 1.54) is 5.56 Å². The summed E-state index contributed by atoms with van der Waals surface area (Å²) in [5, 5.41) is 2.03. The second-order valence-electron chi connectivity index (χ2n) is 10.5. The number of benzene rings is 4. The van der Waals surface area contributed by atoms with Crippen molar-refractivity contribution in [3.8, 4) is 34.0 Å². The van der Waals surface area contributed by atoms with Crippen molar-refractivity contribution >= 4 is 33.0 Å². The number of aromatic nitrogens is 3. The second kappa shape index (κ2) is 12.8. The first kappa shape index (κ1) is 29.2. The Morgan fingerprint density at radius 1 is 0.659 bits per heavy atom. The number of hydrogen-bond donors (Lipinski definition) is 0. The molecular formula is C38H27IrN3O2-2. The molecule has 0 aliphatic carbocycles. The molecule has 6 heteroatoms. The molecule has 5 nitrogen and oxygen atoms in total. The molecule has 4 heterocycles. The molecule has 0 atom stereocenters. The summed E-state index contributed by atoms with van der Waals surface area (Å²) in [5.74, 6) is 1.00. The van der Waals surface area contributed by atoms with Gasteiger partial charge in [-0.3, -0.25) is 0 Å². The van der Waals surface area contributed by atoms with Crippen LogP contribution in [0.3, 0.4) is 0 Å². The van der Waals surface area contributed by atoms with E-state index < -0.39 is 0 Å². The molecule has 8 rings (SSSR count). The molecule has 217 valence electrons. The second-order valence-corrected chi connectivity index (χ2v) is 10.5. The van der Waals surface area contributed by atoms with E-state index in [-0.39, 0.29) is 20.1 Å². The van der Waals surface area contributed by atoms with Gasteiger partial charge in [-0.15, -0.1) is 54.1 Å². The Hall–Kier alpha value is -4.90. The zero-order valence-corrected chi connectivity index (χ0v) is 26.5. The molecule has 0 unspecified atom stereocenters. The Kier molecular flexibility index (Phi) is 8.47. The number of furan rings is 1. The SMILES string of the molecule is CC(C)c1ccnc(-c2[c-]ccc3c2oc2c3ccc3oc(-c4ccccc4)nc32)c1.[Ir].[c-]1ccccc1-c1ccccn1. The Labute approximate surface area is 269 Å². The van der Waals surface area contributed by atoms with E-state index in [1.54, 1.807) is 6.20 Å². The van der Waals surface area contributed by atoms with Gasteiger partial charge in [-0.05, 0) is 53.7 Å². The Bertz CT molecular complexity index is 2120. The van der Waals surface area contributed by atoms with Crippen LogP contribution in [0.1, 0.15) is 25.3 Å². The van der Waals surface area contributed by atoms with Crippen LogP contribution < -0.4 is 0 Å². The summed E-state index contributed by atoms with van der Waals surface area (Å²) in [6.07, 6.45) is 3.64. The third kappa shape index (κ3) is 5.70. The maximum Gasteiger partial charge on any atom is 0.227 e. The van der Waals surface area contributed by atoms with Crippen LogP contribution in [0.2, 0.25) is 0 Å². The van der Waals surface area contributed by atoms with Gasteiger partial charge in [0.25, 0.3) is 0 Å². The van der Waals surface area contributed by atoms with Gasteiger partial charge in [0.2, 0.25) is 5.89 Å². The fourth-order valence-corrected chi connectivity index (χ4v) is 5.10. The summed E-state index contributed by atoms with van der Waals surface area (Å²) >= 11 is 0. The maximum atomic E-state index is 6.41. The third-order valence-corrected chi connectivity index (χ3v) is 7.34. The van der Waals surface area contributed by atoms with Crippen LogP contribution in [0, 0.1) is 12.1 Å². The third-order valence-electron chi connectivity index (χ3n) is 7.34. The monoisotopic (exact) mass is 750 g/mol. The van der Waals surface area contributed by atoms with Crippen LogP contribution in [0.15, 0.2) is 130 Å². The van der Waals surface area contributed by atoms with Gasteiger partial charge in [-0.25, -0.2) is 4.98 Å². The molecule has 8 aromatic rings. The Balaban J connectivity index is 0.000000222. The van der Waals surface area contributed by atoms with Gasteiger partial charge >= 0.3 is 0 Å². The fourth-order valence-electron chi connectivity index (χ4n) is 5.10. The zero-order valence-electron chi connectivity index (χ0n) is 24.1. The first-order valence-electron chi connectivity index (χ1n) is 14.2. The van der Waals surface area contributed by atoms with Gasteiger partial charge < -0.3 is 18.8 Å². The topological polar surface area (TPSA) is 65.0 Å². The molecule has 0 saturated carbocycles. The summed E-state index contributed by atoms with van der Waals surface area (Å²) in [6, 6.07) is 42.2.